The lowest BCUT2D eigenvalue weighted by Crippen LogP contribution is -2.28. The number of carbonyl (C=O) groups excluding carboxylic acids is 1. The first-order valence-corrected chi connectivity index (χ1v) is 6.63. The van der Waals surface area contributed by atoms with E-state index in [9.17, 15) is 4.79 Å². The van der Waals surface area contributed by atoms with Crippen LogP contribution in [-0.2, 0) is 14.3 Å². The highest BCUT2D eigenvalue weighted by atomic mass is 16.7. The molecule has 1 aliphatic rings. The zero-order valence-corrected chi connectivity index (χ0v) is 11.5. The monoisotopic (exact) mass is 263 g/mol. The van der Waals surface area contributed by atoms with Gasteiger partial charge in [0.05, 0.1) is 12.6 Å². The van der Waals surface area contributed by atoms with Gasteiger partial charge in [-0.1, -0.05) is 30.3 Å². The molecule has 0 spiro atoms. The molecule has 1 amide bonds. The minimum absolute atomic E-state index is 0.126. The standard InChI is InChI=1S/C15H21NO3/c1-12(14-6-4-3-5-7-14)16-9-13(8-15(16)17)10-19-11-18-2/h3-7,12-13H,8-11H2,1-2H3. The van der Waals surface area contributed by atoms with Crippen molar-refractivity contribution in [3.8, 4) is 0 Å². The molecule has 1 aromatic rings. The Morgan fingerprint density at radius 3 is 2.79 bits per heavy atom. The lowest BCUT2D eigenvalue weighted by Gasteiger charge is -2.25. The molecule has 0 N–H and O–H groups in total. The average Bonchev–Trinajstić information content (AvgIpc) is 2.80. The van der Waals surface area contributed by atoms with E-state index in [0.717, 1.165) is 6.54 Å². The van der Waals surface area contributed by atoms with Crippen LogP contribution >= 0.6 is 0 Å². The molecule has 104 valence electrons. The summed E-state index contributed by atoms with van der Waals surface area (Å²) in [7, 11) is 1.60. The van der Waals surface area contributed by atoms with Crippen molar-refractivity contribution in [2.45, 2.75) is 19.4 Å². The molecule has 1 aliphatic heterocycles. The molecule has 0 saturated carbocycles. The number of nitrogens with zero attached hydrogens (tertiary/aromatic N) is 1. The van der Waals surface area contributed by atoms with E-state index in [-0.39, 0.29) is 17.9 Å². The van der Waals surface area contributed by atoms with Gasteiger partial charge in [0.15, 0.2) is 0 Å². The SMILES string of the molecule is COCOCC1CC(=O)N(C(C)c2ccccc2)C1. The van der Waals surface area contributed by atoms with Gasteiger partial charge >= 0.3 is 0 Å². The van der Waals surface area contributed by atoms with Gasteiger partial charge in [0.1, 0.15) is 6.79 Å². The van der Waals surface area contributed by atoms with Crippen LogP contribution in [0.5, 0.6) is 0 Å². The highest BCUT2D eigenvalue weighted by Crippen LogP contribution is 2.28. The van der Waals surface area contributed by atoms with E-state index >= 15 is 0 Å². The van der Waals surface area contributed by atoms with Crippen LogP contribution in [0.3, 0.4) is 0 Å². The van der Waals surface area contributed by atoms with Crippen molar-refractivity contribution in [2.75, 3.05) is 27.1 Å². The molecule has 19 heavy (non-hydrogen) atoms. The number of ether oxygens (including phenoxy) is 2. The van der Waals surface area contributed by atoms with E-state index < -0.39 is 0 Å². The quantitative estimate of drug-likeness (QED) is 0.583. The molecule has 4 heteroatoms. The number of amides is 1. The molecule has 4 nitrogen and oxygen atoms in total. The van der Waals surface area contributed by atoms with Crippen LogP contribution in [0, 0.1) is 5.92 Å². The molecule has 0 aliphatic carbocycles. The van der Waals surface area contributed by atoms with Gasteiger partial charge in [-0.25, -0.2) is 0 Å². The number of hydrogen-bond acceptors (Lipinski definition) is 3. The zero-order chi connectivity index (χ0) is 13.7. The van der Waals surface area contributed by atoms with Crippen molar-refractivity contribution in [3.63, 3.8) is 0 Å². The highest BCUT2D eigenvalue weighted by molar-refractivity contribution is 5.79. The van der Waals surface area contributed by atoms with E-state index in [1.165, 1.54) is 5.56 Å². The molecule has 1 aromatic carbocycles. The maximum absolute atomic E-state index is 12.1. The maximum Gasteiger partial charge on any atom is 0.223 e. The summed E-state index contributed by atoms with van der Waals surface area (Å²) in [4.78, 5) is 14.0. The Balaban J connectivity index is 1.92. The molecule has 0 aromatic heterocycles. The van der Waals surface area contributed by atoms with Crippen LogP contribution in [0.1, 0.15) is 24.9 Å². The summed E-state index contributed by atoms with van der Waals surface area (Å²) < 4.78 is 10.2. The Labute approximate surface area is 114 Å². The van der Waals surface area contributed by atoms with Crippen molar-refractivity contribution in [3.05, 3.63) is 35.9 Å². The van der Waals surface area contributed by atoms with Gasteiger partial charge in [0.25, 0.3) is 0 Å². The van der Waals surface area contributed by atoms with Crippen LogP contribution in [0.2, 0.25) is 0 Å². The van der Waals surface area contributed by atoms with Crippen molar-refractivity contribution in [1.82, 2.24) is 4.90 Å². The van der Waals surface area contributed by atoms with E-state index in [2.05, 4.69) is 19.1 Å². The van der Waals surface area contributed by atoms with E-state index in [1.54, 1.807) is 7.11 Å². The lowest BCUT2D eigenvalue weighted by atomic mass is 10.1. The summed E-state index contributed by atoms with van der Waals surface area (Å²) in [6.07, 6.45) is 0.570. The Bertz CT molecular complexity index is 407. The van der Waals surface area contributed by atoms with E-state index in [1.807, 2.05) is 23.1 Å². The first-order valence-electron chi connectivity index (χ1n) is 6.63. The summed E-state index contributed by atoms with van der Waals surface area (Å²) in [5.41, 5.74) is 1.18. The number of methoxy groups -OCH3 is 1. The smallest absolute Gasteiger partial charge is 0.223 e. The van der Waals surface area contributed by atoms with E-state index in [4.69, 9.17) is 9.47 Å². The molecule has 2 atom stereocenters. The summed E-state index contributed by atoms with van der Waals surface area (Å²) >= 11 is 0. The Morgan fingerprint density at radius 1 is 1.37 bits per heavy atom. The lowest BCUT2D eigenvalue weighted by molar-refractivity contribution is -0.129. The summed E-state index contributed by atoms with van der Waals surface area (Å²) in [5.74, 6) is 0.483. The second-order valence-electron chi connectivity index (χ2n) is 4.98. The van der Waals surface area contributed by atoms with Crippen molar-refractivity contribution in [2.24, 2.45) is 5.92 Å². The van der Waals surface area contributed by atoms with Gasteiger partial charge in [-0.2, -0.15) is 0 Å². The fourth-order valence-corrected chi connectivity index (χ4v) is 2.50. The van der Waals surface area contributed by atoms with Gasteiger partial charge in [-0.05, 0) is 12.5 Å². The second-order valence-corrected chi connectivity index (χ2v) is 4.98. The van der Waals surface area contributed by atoms with E-state index in [0.29, 0.717) is 19.8 Å². The van der Waals surface area contributed by atoms with Crippen LogP contribution in [-0.4, -0.2) is 37.9 Å². The van der Waals surface area contributed by atoms with Crippen LogP contribution in [0.4, 0.5) is 0 Å². The zero-order valence-electron chi connectivity index (χ0n) is 11.5. The maximum atomic E-state index is 12.1. The molecular weight excluding hydrogens is 242 g/mol. The first-order chi connectivity index (χ1) is 9.22. The van der Waals surface area contributed by atoms with Crippen molar-refractivity contribution < 1.29 is 14.3 Å². The minimum atomic E-state index is 0.126. The minimum Gasteiger partial charge on any atom is -0.359 e. The van der Waals surface area contributed by atoms with Crippen LogP contribution in [0.25, 0.3) is 0 Å². The fourth-order valence-electron chi connectivity index (χ4n) is 2.50. The molecule has 2 rings (SSSR count). The Morgan fingerprint density at radius 2 is 2.11 bits per heavy atom. The van der Waals surface area contributed by atoms with Gasteiger partial charge in [-0.3, -0.25) is 4.79 Å². The number of likely N-dealkylation sites (tertiary alicyclic amines) is 1. The molecule has 1 fully saturated rings. The second kappa shape index (κ2) is 6.68. The number of hydrogen-bond donors (Lipinski definition) is 0. The molecule has 0 radical (unpaired) electrons. The first kappa shape index (κ1) is 14.0. The van der Waals surface area contributed by atoms with Crippen molar-refractivity contribution >= 4 is 5.91 Å². The predicted octanol–water partition coefficient (Wildman–Crippen LogP) is 2.22. The Kier molecular flexibility index (Phi) is 4.93. The molecular formula is C15H21NO3. The third-order valence-electron chi connectivity index (χ3n) is 3.54. The third kappa shape index (κ3) is 3.55. The largest absolute Gasteiger partial charge is 0.359 e. The summed E-state index contributed by atoms with van der Waals surface area (Å²) in [5, 5.41) is 0. The van der Waals surface area contributed by atoms with Crippen molar-refractivity contribution in [1.29, 1.82) is 0 Å². The van der Waals surface area contributed by atoms with Gasteiger partial charge in [0.2, 0.25) is 5.91 Å². The molecule has 1 heterocycles. The van der Waals surface area contributed by atoms with Crippen LogP contribution in [0.15, 0.2) is 30.3 Å². The normalized spacial score (nSPS) is 20.8. The predicted molar refractivity (Wildman–Crippen MR) is 72.5 cm³/mol. The highest BCUT2D eigenvalue weighted by Gasteiger charge is 2.33. The summed E-state index contributed by atoms with van der Waals surface area (Å²) in [6, 6.07) is 10.3. The number of benzene rings is 1. The molecule has 0 bridgehead atoms. The van der Waals surface area contributed by atoms with Gasteiger partial charge in [0, 0.05) is 26.0 Å². The Hall–Kier alpha value is -1.39. The molecule has 1 saturated heterocycles. The number of carbonyl (C=O) groups is 1. The van der Waals surface area contributed by atoms with Gasteiger partial charge in [-0.15, -0.1) is 0 Å². The third-order valence-corrected chi connectivity index (χ3v) is 3.54. The summed E-state index contributed by atoms with van der Waals surface area (Å²) in [6.45, 7) is 3.71. The van der Waals surface area contributed by atoms with Gasteiger partial charge < -0.3 is 14.4 Å². The fraction of sp³-hybridized carbons (Fsp3) is 0.533. The molecule has 2 unspecified atom stereocenters. The average molecular weight is 263 g/mol. The van der Waals surface area contributed by atoms with Crippen LogP contribution < -0.4 is 0 Å². The topological polar surface area (TPSA) is 38.8 Å². The number of rotatable bonds is 6.